The van der Waals surface area contributed by atoms with Crippen molar-refractivity contribution in [2.45, 2.75) is 47.6 Å². The number of rotatable bonds is 5. The van der Waals surface area contributed by atoms with Gasteiger partial charge in [-0.05, 0) is 30.7 Å². The number of carbonyl (C=O) groups is 2. The lowest BCUT2D eigenvalue weighted by Gasteiger charge is -2.34. The van der Waals surface area contributed by atoms with Gasteiger partial charge in [0.15, 0.2) is 0 Å². The summed E-state index contributed by atoms with van der Waals surface area (Å²) in [6.07, 6.45) is 1.81. The predicted octanol–water partition coefficient (Wildman–Crippen LogP) is -0.436. The maximum absolute atomic E-state index is 12.8. The number of nitrogens with zero attached hydrogens (tertiary/aromatic N) is 4. The van der Waals surface area contributed by atoms with Gasteiger partial charge in [-0.1, -0.05) is 6.07 Å². The Hall–Kier alpha value is -2.00. The van der Waals surface area contributed by atoms with Crippen molar-refractivity contribution in [3.63, 3.8) is 0 Å². The van der Waals surface area contributed by atoms with Crippen LogP contribution in [0, 0.1) is 11.3 Å². The average Bonchev–Trinajstić information content (AvgIpc) is 3.45. The van der Waals surface area contributed by atoms with E-state index in [9.17, 15) is 18.0 Å². The fourth-order valence-corrected chi connectivity index (χ4v) is 7.05. The van der Waals surface area contributed by atoms with Crippen molar-refractivity contribution >= 4 is 33.2 Å². The average molecular weight is 424 g/mol. The monoisotopic (exact) mass is 423 g/mol. The molecule has 1 aromatic rings. The van der Waals surface area contributed by atoms with Gasteiger partial charge in [-0.2, -0.15) is 9.57 Å². The van der Waals surface area contributed by atoms with Gasteiger partial charge in [0.1, 0.15) is 22.3 Å². The van der Waals surface area contributed by atoms with Crippen LogP contribution in [0.5, 0.6) is 0 Å². The molecular weight excluding hydrogens is 402 g/mol. The molecule has 150 valence electrons. The van der Waals surface area contributed by atoms with E-state index in [4.69, 9.17) is 11.0 Å². The number of hydrogen-bond donors (Lipinski definition) is 1. The van der Waals surface area contributed by atoms with Gasteiger partial charge in [0.2, 0.25) is 11.8 Å². The van der Waals surface area contributed by atoms with Crippen LogP contribution in [0.1, 0.15) is 19.3 Å². The Morgan fingerprint density at radius 3 is 2.89 bits per heavy atom. The molecule has 0 radical (unpaired) electrons. The molecule has 2 N–H and O–H groups in total. The summed E-state index contributed by atoms with van der Waals surface area (Å²) in [6.45, 7) is 0.750. The Morgan fingerprint density at radius 1 is 1.46 bits per heavy atom. The first-order valence-electron chi connectivity index (χ1n) is 9.16. The summed E-state index contributed by atoms with van der Waals surface area (Å²) in [4.78, 5) is 28.4. The summed E-state index contributed by atoms with van der Waals surface area (Å²) in [6, 6.07) is 2.91. The number of hydrogen-bond acceptors (Lipinski definition) is 7. The van der Waals surface area contributed by atoms with Crippen molar-refractivity contribution in [2.75, 3.05) is 19.6 Å². The topological polar surface area (TPSA) is 128 Å². The molecule has 2 amide bonds. The third-order valence-corrected chi connectivity index (χ3v) is 8.94. The summed E-state index contributed by atoms with van der Waals surface area (Å²) in [5.74, 6) is -0.638. The molecule has 0 aliphatic carbocycles. The molecule has 3 saturated heterocycles. The maximum Gasteiger partial charge on any atom is 0.253 e. The standard InChI is InChI=1S/C17H21N5O4S2/c18-8-11-3-1-5-20(11)16(23)13(19)10-21-12-7-14(17(21)24)22(9-12)28(25,26)15-4-2-6-27-15/h2,4,6,11-14H,1,3,5,7,9-10,19H2/t11-,12+,13-,14+/m0/s1. The summed E-state index contributed by atoms with van der Waals surface area (Å²) < 4.78 is 27.0. The van der Waals surface area contributed by atoms with E-state index >= 15 is 0 Å². The number of nitriles is 1. The smallest absolute Gasteiger partial charge is 0.253 e. The number of amides is 2. The van der Waals surface area contributed by atoms with Gasteiger partial charge < -0.3 is 15.5 Å². The van der Waals surface area contributed by atoms with Crippen molar-refractivity contribution < 1.29 is 18.0 Å². The Labute approximate surface area is 167 Å². The van der Waals surface area contributed by atoms with Crippen molar-refractivity contribution in [3.05, 3.63) is 17.5 Å². The van der Waals surface area contributed by atoms with E-state index in [1.54, 1.807) is 11.4 Å². The fourth-order valence-electron chi connectivity index (χ4n) is 4.30. The lowest BCUT2D eigenvalue weighted by atomic mass is 10.2. The number of piperazine rings is 1. The Morgan fingerprint density at radius 2 is 2.25 bits per heavy atom. The van der Waals surface area contributed by atoms with Crippen LogP contribution >= 0.6 is 11.3 Å². The van der Waals surface area contributed by atoms with Crippen molar-refractivity contribution in [3.8, 4) is 6.07 Å². The molecule has 4 rings (SSSR count). The minimum absolute atomic E-state index is 0.0420. The van der Waals surface area contributed by atoms with E-state index in [1.165, 1.54) is 20.2 Å². The lowest BCUT2D eigenvalue weighted by molar-refractivity contribution is -0.137. The Kier molecular flexibility index (Phi) is 4.91. The molecule has 11 heteroatoms. The van der Waals surface area contributed by atoms with Gasteiger partial charge in [-0.25, -0.2) is 8.42 Å². The molecule has 28 heavy (non-hydrogen) atoms. The molecule has 4 atom stereocenters. The van der Waals surface area contributed by atoms with Gasteiger partial charge in [0, 0.05) is 25.7 Å². The Bertz CT molecular complexity index is 926. The summed E-state index contributed by atoms with van der Waals surface area (Å²) >= 11 is 1.13. The van der Waals surface area contributed by atoms with Crippen molar-refractivity contribution in [1.29, 1.82) is 5.26 Å². The van der Waals surface area contributed by atoms with E-state index in [0.29, 0.717) is 19.4 Å². The molecule has 3 fully saturated rings. The molecule has 0 aromatic carbocycles. The number of fused-ring (bicyclic) bond motifs is 2. The molecule has 4 heterocycles. The molecule has 0 spiro atoms. The van der Waals surface area contributed by atoms with Crippen LogP contribution in [0.15, 0.2) is 21.7 Å². The SMILES string of the molecule is N#C[C@@H]1CCCN1C(=O)[C@@H](N)CN1C(=O)[C@H]2C[C@@H]1CN2S(=O)(=O)c1cccs1. The highest BCUT2D eigenvalue weighted by atomic mass is 32.2. The molecular formula is C17H21N5O4S2. The van der Waals surface area contributed by atoms with Crippen molar-refractivity contribution in [2.24, 2.45) is 5.73 Å². The largest absolute Gasteiger partial charge is 0.335 e. The summed E-state index contributed by atoms with van der Waals surface area (Å²) in [7, 11) is -3.69. The van der Waals surface area contributed by atoms with Crippen LogP contribution in [0.2, 0.25) is 0 Å². The quantitative estimate of drug-likeness (QED) is 0.684. The van der Waals surface area contributed by atoms with Gasteiger partial charge in [0.25, 0.3) is 10.0 Å². The second kappa shape index (κ2) is 7.11. The van der Waals surface area contributed by atoms with Crippen LogP contribution in [0.25, 0.3) is 0 Å². The number of nitrogens with two attached hydrogens (primary N) is 1. The molecule has 3 aliphatic rings. The van der Waals surface area contributed by atoms with E-state index in [0.717, 1.165) is 17.8 Å². The highest BCUT2D eigenvalue weighted by molar-refractivity contribution is 7.91. The lowest BCUT2D eigenvalue weighted by Crippen LogP contribution is -2.57. The maximum atomic E-state index is 12.8. The highest BCUT2D eigenvalue weighted by Crippen LogP contribution is 2.36. The number of likely N-dealkylation sites (tertiary alicyclic amines) is 2. The zero-order chi connectivity index (χ0) is 20.1. The molecule has 9 nitrogen and oxygen atoms in total. The molecule has 0 unspecified atom stereocenters. The van der Waals surface area contributed by atoms with Crippen LogP contribution in [0.3, 0.4) is 0 Å². The molecule has 3 aliphatic heterocycles. The first-order valence-corrected chi connectivity index (χ1v) is 11.5. The number of thiophene rings is 1. The molecule has 1 aromatic heterocycles. The second-order valence-electron chi connectivity index (χ2n) is 7.33. The minimum atomic E-state index is -3.69. The number of sulfonamides is 1. The second-order valence-corrected chi connectivity index (χ2v) is 10.4. The fraction of sp³-hybridized carbons (Fsp3) is 0.588. The first-order chi connectivity index (χ1) is 13.3. The first kappa shape index (κ1) is 19.3. The van der Waals surface area contributed by atoms with Crippen LogP contribution < -0.4 is 5.73 Å². The molecule has 2 bridgehead atoms. The van der Waals surface area contributed by atoms with E-state index in [1.807, 2.05) is 0 Å². The predicted molar refractivity (Wildman–Crippen MR) is 100 cm³/mol. The van der Waals surface area contributed by atoms with Crippen LogP contribution in [-0.2, 0) is 19.6 Å². The highest BCUT2D eigenvalue weighted by Gasteiger charge is 2.54. The van der Waals surface area contributed by atoms with E-state index < -0.39 is 28.1 Å². The van der Waals surface area contributed by atoms with E-state index in [2.05, 4.69) is 6.07 Å². The van der Waals surface area contributed by atoms with Crippen LogP contribution in [-0.4, -0.2) is 78.1 Å². The third kappa shape index (κ3) is 3.00. The Balaban J connectivity index is 1.43. The zero-order valence-corrected chi connectivity index (χ0v) is 16.7. The van der Waals surface area contributed by atoms with Gasteiger partial charge in [-0.15, -0.1) is 11.3 Å². The van der Waals surface area contributed by atoms with Crippen LogP contribution in [0.4, 0.5) is 0 Å². The third-order valence-electron chi connectivity index (χ3n) is 5.70. The van der Waals surface area contributed by atoms with Gasteiger partial charge in [0.05, 0.1) is 6.07 Å². The number of carbonyl (C=O) groups excluding carboxylic acids is 2. The summed E-state index contributed by atoms with van der Waals surface area (Å²) in [5.41, 5.74) is 6.06. The van der Waals surface area contributed by atoms with E-state index in [-0.39, 0.29) is 35.2 Å². The van der Waals surface area contributed by atoms with Crippen molar-refractivity contribution in [1.82, 2.24) is 14.1 Å². The van der Waals surface area contributed by atoms with Gasteiger partial charge >= 0.3 is 0 Å². The zero-order valence-electron chi connectivity index (χ0n) is 15.1. The minimum Gasteiger partial charge on any atom is -0.335 e. The summed E-state index contributed by atoms with van der Waals surface area (Å²) in [5, 5.41) is 10.8. The van der Waals surface area contributed by atoms with Gasteiger partial charge in [-0.3, -0.25) is 9.59 Å². The normalized spacial score (nSPS) is 28.7. The molecule has 0 saturated carbocycles.